The molecule has 0 amide bonds. The quantitative estimate of drug-likeness (QED) is 0.519. The molecule has 0 bridgehead atoms. The van der Waals surface area contributed by atoms with Crippen molar-refractivity contribution in [2.75, 3.05) is 18.1 Å². The van der Waals surface area contributed by atoms with Crippen LogP contribution in [0.1, 0.15) is 13.8 Å². The van der Waals surface area contributed by atoms with Crippen molar-refractivity contribution in [2.45, 2.75) is 13.8 Å². The Morgan fingerprint density at radius 1 is 1.77 bits per heavy atom. The van der Waals surface area contributed by atoms with Crippen molar-refractivity contribution in [3.05, 3.63) is 9.81 Å². The number of thioether (sulfide) groups is 1. The Labute approximate surface area is 85.1 Å². The van der Waals surface area contributed by atoms with E-state index in [1.54, 1.807) is 13.8 Å². The number of hydrogen-bond acceptors (Lipinski definition) is 4. The van der Waals surface area contributed by atoms with Gasteiger partial charge in [0.15, 0.2) is 0 Å². The average molecular weight is 220 g/mol. The van der Waals surface area contributed by atoms with Crippen LogP contribution in [0, 0.1) is 0 Å². The van der Waals surface area contributed by atoms with Gasteiger partial charge in [0.05, 0.1) is 6.61 Å². The van der Waals surface area contributed by atoms with Gasteiger partial charge in [-0.15, -0.1) is 11.8 Å². The van der Waals surface area contributed by atoms with E-state index in [2.05, 4.69) is 0 Å². The summed E-state index contributed by atoms with van der Waals surface area (Å²) >= 11 is 0.454. The second-order valence-corrected chi connectivity index (χ2v) is 5.32. The number of allylic oxidation sites excluding steroid dienone is 1. The molecule has 5 heteroatoms. The predicted octanol–water partition coefficient (Wildman–Crippen LogP) is 1.28. The fraction of sp³-hybridized carbons (Fsp3) is 0.625. The summed E-state index contributed by atoms with van der Waals surface area (Å²) in [5.74, 6) is 1.04. The molecule has 0 aliphatic carbocycles. The predicted molar refractivity (Wildman–Crippen MR) is 54.8 cm³/mol. The topological polar surface area (TPSA) is 49.4 Å². The summed E-state index contributed by atoms with van der Waals surface area (Å²) in [5.41, 5.74) is 0. The van der Waals surface area contributed by atoms with E-state index < -0.39 is 11.2 Å². The van der Waals surface area contributed by atoms with E-state index >= 15 is 0 Å². The maximum atomic E-state index is 11.3. The Kier molecular flexibility index (Phi) is 4.15. The summed E-state index contributed by atoms with van der Waals surface area (Å²) in [4.78, 5) is 12.5. The van der Waals surface area contributed by atoms with Gasteiger partial charge < -0.3 is 9.29 Å². The molecule has 0 N–H and O–H groups in total. The van der Waals surface area contributed by atoms with Crippen LogP contribution in [-0.4, -0.2) is 28.6 Å². The van der Waals surface area contributed by atoms with Gasteiger partial charge in [-0.05, 0) is 18.1 Å². The molecule has 0 aromatic heterocycles. The summed E-state index contributed by atoms with van der Waals surface area (Å²) in [6, 6.07) is 0. The standard InChI is InChI=1S/C8H12O3S2/c1-3-11-8(9)7-6(2)13(10)5-4-12-7/h3-5H2,1-2H3. The van der Waals surface area contributed by atoms with Gasteiger partial charge in [0.25, 0.3) is 0 Å². The minimum atomic E-state index is -0.981. The Morgan fingerprint density at radius 3 is 3.08 bits per heavy atom. The molecule has 1 aliphatic rings. The second kappa shape index (κ2) is 4.93. The fourth-order valence-corrected chi connectivity index (χ4v) is 3.55. The number of hydrogen-bond donors (Lipinski definition) is 0. The van der Waals surface area contributed by atoms with Crippen LogP contribution in [0.2, 0.25) is 0 Å². The third-order valence-corrected chi connectivity index (χ3v) is 4.66. The first kappa shape index (κ1) is 10.9. The van der Waals surface area contributed by atoms with Crippen LogP contribution < -0.4 is 0 Å². The molecule has 0 aromatic rings. The fourth-order valence-electron chi connectivity index (χ4n) is 0.977. The van der Waals surface area contributed by atoms with Crippen molar-refractivity contribution in [3.8, 4) is 0 Å². The zero-order chi connectivity index (χ0) is 9.84. The molecule has 0 radical (unpaired) electrons. The van der Waals surface area contributed by atoms with Crippen LogP contribution in [0.25, 0.3) is 0 Å². The van der Waals surface area contributed by atoms with Gasteiger partial charge >= 0.3 is 5.97 Å². The molecule has 74 valence electrons. The van der Waals surface area contributed by atoms with Crippen LogP contribution in [0.15, 0.2) is 9.81 Å². The van der Waals surface area contributed by atoms with Gasteiger partial charge in [-0.25, -0.2) is 4.79 Å². The SMILES string of the molecule is CCOC(=O)C1=C(C)[S+]([O-])CCS1. The van der Waals surface area contributed by atoms with Gasteiger partial charge in [0.1, 0.15) is 15.6 Å². The molecular formula is C8H12O3S2. The normalized spacial score (nSPS) is 23.2. The largest absolute Gasteiger partial charge is 0.612 e. The Morgan fingerprint density at radius 2 is 2.46 bits per heavy atom. The zero-order valence-electron chi connectivity index (χ0n) is 7.66. The first-order chi connectivity index (χ1) is 6.16. The molecule has 0 saturated carbocycles. The lowest BCUT2D eigenvalue weighted by Crippen LogP contribution is -2.20. The van der Waals surface area contributed by atoms with E-state index in [4.69, 9.17) is 4.74 Å². The lowest BCUT2D eigenvalue weighted by Gasteiger charge is -2.18. The Bertz CT molecular complexity index is 238. The van der Waals surface area contributed by atoms with Crippen LogP contribution in [0.4, 0.5) is 0 Å². The molecule has 1 atom stereocenters. The van der Waals surface area contributed by atoms with E-state index in [0.29, 0.717) is 22.2 Å². The van der Waals surface area contributed by atoms with Crippen LogP contribution in [-0.2, 0) is 20.7 Å². The highest BCUT2D eigenvalue weighted by Crippen LogP contribution is 2.30. The molecule has 0 saturated heterocycles. The molecule has 1 heterocycles. The highest BCUT2D eigenvalue weighted by atomic mass is 32.2. The second-order valence-electron chi connectivity index (χ2n) is 2.50. The van der Waals surface area contributed by atoms with Gasteiger partial charge in [0, 0.05) is 12.7 Å². The molecular weight excluding hydrogens is 208 g/mol. The number of rotatable bonds is 2. The van der Waals surface area contributed by atoms with Gasteiger partial charge in [0.2, 0.25) is 0 Å². The molecule has 1 aliphatic heterocycles. The minimum Gasteiger partial charge on any atom is -0.612 e. The Balaban J connectivity index is 2.76. The molecule has 13 heavy (non-hydrogen) atoms. The Hall–Kier alpha value is -0.130. The van der Waals surface area contributed by atoms with E-state index in [1.807, 2.05) is 0 Å². The molecule has 3 nitrogen and oxygen atoms in total. The van der Waals surface area contributed by atoms with Crippen molar-refractivity contribution in [3.63, 3.8) is 0 Å². The van der Waals surface area contributed by atoms with Crippen molar-refractivity contribution < 1.29 is 14.1 Å². The maximum absolute atomic E-state index is 11.3. The number of ether oxygens (including phenoxy) is 1. The summed E-state index contributed by atoms with van der Waals surface area (Å²) in [5, 5.41) is 0. The third-order valence-electron chi connectivity index (χ3n) is 1.64. The van der Waals surface area contributed by atoms with Gasteiger partial charge in [-0.2, -0.15) is 0 Å². The average Bonchev–Trinajstić information content (AvgIpc) is 2.10. The van der Waals surface area contributed by atoms with Crippen LogP contribution >= 0.6 is 11.8 Å². The maximum Gasteiger partial charge on any atom is 0.349 e. The van der Waals surface area contributed by atoms with Gasteiger partial charge in [-0.3, -0.25) is 0 Å². The smallest absolute Gasteiger partial charge is 0.349 e. The summed E-state index contributed by atoms with van der Waals surface area (Å²) in [7, 11) is 0. The number of carbonyl (C=O) groups is 1. The number of esters is 1. The molecule has 1 rings (SSSR count). The van der Waals surface area contributed by atoms with Crippen molar-refractivity contribution in [2.24, 2.45) is 0 Å². The summed E-state index contributed by atoms with van der Waals surface area (Å²) in [6.45, 7) is 3.86. The van der Waals surface area contributed by atoms with E-state index in [-0.39, 0.29) is 5.97 Å². The van der Waals surface area contributed by atoms with E-state index in [1.165, 1.54) is 11.8 Å². The highest BCUT2D eigenvalue weighted by Gasteiger charge is 2.27. The summed E-state index contributed by atoms with van der Waals surface area (Å²) in [6.07, 6.45) is 0. The lowest BCUT2D eigenvalue weighted by molar-refractivity contribution is -0.137. The number of carbonyl (C=O) groups excluding carboxylic acids is 1. The zero-order valence-corrected chi connectivity index (χ0v) is 9.30. The third kappa shape index (κ3) is 2.65. The van der Waals surface area contributed by atoms with E-state index in [0.717, 1.165) is 5.75 Å². The van der Waals surface area contributed by atoms with Crippen molar-refractivity contribution >= 4 is 28.9 Å². The monoisotopic (exact) mass is 220 g/mol. The van der Waals surface area contributed by atoms with E-state index in [9.17, 15) is 9.35 Å². The van der Waals surface area contributed by atoms with Gasteiger partial charge in [-0.1, -0.05) is 0 Å². The van der Waals surface area contributed by atoms with Crippen molar-refractivity contribution in [1.82, 2.24) is 0 Å². The van der Waals surface area contributed by atoms with Crippen LogP contribution in [0.3, 0.4) is 0 Å². The highest BCUT2D eigenvalue weighted by molar-refractivity contribution is 8.07. The molecule has 1 unspecified atom stereocenters. The van der Waals surface area contributed by atoms with Crippen molar-refractivity contribution in [1.29, 1.82) is 0 Å². The minimum absolute atomic E-state index is 0.335. The lowest BCUT2D eigenvalue weighted by atomic mass is 10.5. The molecule has 0 aromatic carbocycles. The molecule has 0 spiro atoms. The first-order valence-corrected chi connectivity index (χ1v) is 6.36. The first-order valence-electron chi connectivity index (χ1n) is 4.06. The van der Waals surface area contributed by atoms with Crippen LogP contribution in [0.5, 0.6) is 0 Å². The molecule has 0 fully saturated rings. The summed E-state index contributed by atoms with van der Waals surface area (Å²) < 4.78 is 16.2.